The number of nitrogens with zero attached hydrogens (tertiary/aromatic N) is 5. The lowest BCUT2D eigenvalue weighted by molar-refractivity contribution is -0.128. The van der Waals surface area contributed by atoms with Gasteiger partial charge in [-0.15, -0.1) is 0 Å². The SMILES string of the molecule is CCN1C(=O)[C@@H](NC(=O)CC2CC(=O)c3ccc(OC)cc32)[C@@H](C2CC2)c2c(C(=O)N3[C@H](C#N)C[C@H]4C[C@H]43)nn(C3CCOCC3)c21. The van der Waals surface area contributed by atoms with Crippen LogP contribution < -0.4 is 15.0 Å². The first-order chi connectivity index (χ1) is 22.8. The quantitative estimate of drug-likeness (QED) is 0.462. The van der Waals surface area contributed by atoms with Gasteiger partial charge in [0.2, 0.25) is 5.91 Å². The lowest BCUT2D eigenvalue weighted by Gasteiger charge is -2.39. The summed E-state index contributed by atoms with van der Waals surface area (Å²) >= 11 is 0. The number of piperidine rings is 1. The van der Waals surface area contributed by atoms with E-state index in [2.05, 4.69) is 11.4 Å². The van der Waals surface area contributed by atoms with Gasteiger partial charge in [0, 0.05) is 61.6 Å². The molecule has 1 unspecified atom stereocenters. The molecule has 0 spiro atoms. The van der Waals surface area contributed by atoms with E-state index in [1.807, 2.05) is 17.7 Å². The van der Waals surface area contributed by atoms with Gasteiger partial charge in [0.25, 0.3) is 11.8 Å². The zero-order valence-electron chi connectivity index (χ0n) is 26.8. The molecule has 2 saturated carbocycles. The Morgan fingerprint density at radius 1 is 1.13 bits per heavy atom. The van der Waals surface area contributed by atoms with Crippen molar-refractivity contribution in [3.05, 3.63) is 40.6 Å². The maximum atomic E-state index is 14.5. The minimum Gasteiger partial charge on any atom is -0.497 e. The Hall–Kier alpha value is -4.24. The molecule has 4 fully saturated rings. The summed E-state index contributed by atoms with van der Waals surface area (Å²) in [7, 11) is 1.57. The topological polar surface area (TPSA) is 147 Å². The van der Waals surface area contributed by atoms with Crippen molar-refractivity contribution in [1.29, 1.82) is 5.26 Å². The third-order valence-corrected chi connectivity index (χ3v) is 11.3. The van der Waals surface area contributed by atoms with E-state index in [1.165, 1.54) is 0 Å². The van der Waals surface area contributed by atoms with Crippen LogP contribution in [0.5, 0.6) is 5.75 Å². The first-order valence-electron chi connectivity index (χ1n) is 17.1. The van der Waals surface area contributed by atoms with Crippen LogP contribution >= 0.6 is 0 Å². The fraction of sp³-hybridized carbons (Fsp3) is 0.600. The van der Waals surface area contributed by atoms with Crippen molar-refractivity contribution in [3.8, 4) is 11.8 Å². The second-order valence-corrected chi connectivity index (χ2v) is 14.0. The molecule has 0 radical (unpaired) electrons. The molecule has 3 aliphatic carbocycles. The summed E-state index contributed by atoms with van der Waals surface area (Å²) in [5.74, 6) is 0.218. The second kappa shape index (κ2) is 11.5. The van der Waals surface area contributed by atoms with E-state index >= 15 is 0 Å². The van der Waals surface area contributed by atoms with Gasteiger partial charge >= 0.3 is 0 Å². The molecule has 0 bridgehead atoms. The third-order valence-electron chi connectivity index (χ3n) is 11.3. The van der Waals surface area contributed by atoms with E-state index in [1.54, 1.807) is 29.0 Å². The first kappa shape index (κ1) is 30.1. The van der Waals surface area contributed by atoms with Gasteiger partial charge in [0.1, 0.15) is 23.7 Å². The van der Waals surface area contributed by atoms with Gasteiger partial charge in [-0.3, -0.25) is 24.1 Å². The van der Waals surface area contributed by atoms with Crippen LogP contribution in [0, 0.1) is 23.2 Å². The highest BCUT2D eigenvalue weighted by molar-refractivity contribution is 6.06. The average molecular weight is 641 g/mol. The number of amides is 3. The van der Waals surface area contributed by atoms with Crippen LogP contribution in [0.15, 0.2) is 18.2 Å². The van der Waals surface area contributed by atoms with Crippen molar-refractivity contribution in [1.82, 2.24) is 20.0 Å². The number of nitrogens with one attached hydrogen (secondary N) is 1. The molecule has 246 valence electrons. The number of likely N-dealkylation sites (tertiary alicyclic amines) is 1. The summed E-state index contributed by atoms with van der Waals surface area (Å²) in [5.41, 5.74) is 2.43. The molecule has 12 heteroatoms. The Kier molecular flexibility index (Phi) is 7.35. The minimum absolute atomic E-state index is 0.00831. The number of Topliss-reactive ketones (excluding diaryl/α,β-unsaturated/α-hetero) is 1. The van der Waals surface area contributed by atoms with Crippen molar-refractivity contribution in [2.75, 3.05) is 31.8 Å². The van der Waals surface area contributed by atoms with Crippen molar-refractivity contribution in [2.45, 2.75) is 94.3 Å². The number of nitriles is 1. The standard InChI is InChI=1S/C35H40N6O6/c1-3-39-33-30(32(38-41(33)21-8-10-47-11-9-21)35(45)40-22(17-36)12-20-13-26(20)40)29(18-4-5-18)31(34(39)44)37-28(43)15-19-14-27(42)24-7-6-23(46-2)16-25(19)24/h6-7,16,18-22,26,29,31H,3-5,8-15H2,1-2H3,(H,37,43)/t19?,20-,22-,26+,29-,31-/m0/s1. The molecule has 8 rings (SSSR count). The van der Waals surface area contributed by atoms with Crippen molar-refractivity contribution < 1.29 is 28.7 Å². The molecule has 2 saturated heterocycles. The number of carbonyl (C=O) groups is 4. The highest BCUT2D eigenvalue weighted by Gasteiger charge is 2.57. The van der Waals surface area contributed by atoms with Gasteiger partial charge < -0.3 is 19.7 Å². The highest BCUT2D eigenvalue weighted by Crippen LogP contribution is 2.54. The zero-order chi connectivity index (χ0) is 32.6. The molecule has 6 atom stereocenters. The van der Waals surface area contributed by atoms with Crippen molar-refractivity contribution in [2.24, 2.45) is 11.8 Å². The predicted octanol–water partition coefficient (Wildman–Crippen LogP) is 3.47. The molecular formula is C35H40N6O6. The van der Waals surface area contributed by atoms with Crippen LogP contribution in [-0.2, 0) is 14.3 Å². The zero-order valence-corrected chi connectivity index (χ0v) is 26.8. The Morgan fingerprint density at radius 3 is 2.62 bits per heavy atom. The molecule has 1 aromatic heterocycles. The van der Waals surface area contributed by atoms with E-state index in [4.69, 9.17) is 14.6 Å². The van der Waals surface area contributed by atoms with Crippen LogP contribution in [0.3, 0.4) is 0 Å². The molecule has 2 aromatic rings. The van der Waals surface area contributed by atoms with Crippen molar-refractivity contribution >= 4 is 29.3 Å². The smallest absolute Gasteiger partial charge is 0.276 e. The van der Waals surface area contributed by atoms with Crippen LogP contribution in [0.2, 0.25) is 0 Å². The largest absolute Gasteiger partial charge is 0.497 e. The Morgan fingerprint density at radius 2 is 1.91 bits per heavy atom. The number of methoxy groups -OCH3 is 1. The molecule has 3 aliphatic heterocycles. The monoisotopic (exact) mass is 640 g/mol. The van der Waals surface area contributed by atoms with Gasteiger partial charge in [0.05, 0.1) is 19.2 Å². The van der Waals surface area contributed by atoms with Gasteiger partial charge in [-0.1, -0.05) is 0 Å². The molecular weight excluding hydrogens is 600 g/mol. The van der Waals surface area contributed by atoms with Crippen LogP contribution in [0.1, 0.15) is 108 Å². The summed E-state index contributed by atoms with van der Waals surface area (Å²) in [6, 6.07) is 6.30. The number of anilines is 1. The Bertz CT molecular complexity index is 1700. The van der Waals surface area contributed by atoms with Gasteiger partial charge in [-0.2, -0.15) is 10.4 Å². The van der Waals surface area contributed by atoms with E-state index < -0.39 is 18.0 Å². The number of rotatable bonds is 8. The summed E-state index contributed by atoms with van der Waals surface area (Å²) < 4.78 is 12.9. The number of ether oxygens (including phenoxy) is 2. The van der Waals surface area contributed by atoms with Gasteiger partial charge in [-0.25, -0.2) is 4.68 Å². The van der Waals surface area contributed by atoms with Crippen molar-refractivity contribution in [3.63, 3.8) is 0 Å². The lowest BCUT2D eigenvalue weighted by Crippen LogP contribution is -2.56. The highest BCUT2D eigenvalue weighted by atomic mass is 16.5. The van der Waals surface area contributed by atoms with Crippen LogP contribution in [-0.4, -0.2) is 83.2 Å². The number of benzene rings is 1. The molecule has 3 amide bonds. The van der Waals surface area contributed by atoms with E-state index in [-0.39, 0.29) is 60.3 Å². The maximum absolute atomic E-state index is 14.5. The van der Waals surface area contributed by atoms with Crippen LogP contribution in [0.4, 0.5) is 5.82 Å². The van der Waals surface area contributed by atoms with E-state index in [0.29, 0.717) is 67.8 Å². The normalized spacial score (nSPS) is 29.6. The third kappa shape index (κ3) is 4.93. The minimum atomic E-state index is -0.873. The number of fused-ring (bicyclic) bond motifs is 3. The van der Waals surface area contributed by atoms with Crippen LogP contribution in [0.25, 0.3) is 0 Å². The number of ketones is 1. The molecule has 47 heavy (non-hydrogen) atoms. The second-order valence-electron chi connectivity index (χ2n) is 14.0. The Labute approximate surface area is 273 Å². The summed E-state index contributed by atoms with van der Waals surface area (Å²) in [5, 5.41) is 18.1. The molecule has 12 nitrogen and oxygen atoms in total. The number of hydrogen-bond donors (Lipinski definition) is 1. The fourth-order valence-electron chi connectivity index (χ4n) is 8.70. The number of hydrogen-bond acceptors (Lipinski definition) is 8. The molecule has 1 N–H and O–H groups in total. The fourth-order valence-corrected chi connectivity index (χ4v) is 8.70. The maximum Gasteiger partial charge on any atom is 0.276 e. The predicted molar refractivity (Wildman–Crippen MR) is 168 cm³/mol. The van der Waals surface area contributed by atoms with E-state index in [9.17, 15) is 24.4 Å². The average Bonchev–Trinajstić information content (AvgIpc) is 3.98. The van der Waals surface area contributed by atoms with Gasteiger partial charge in [-0.05, 0) is 81.0 Å². The number of likely N-dealkylation sites (N-methyl/N-ethyl adjacent to an activating group) is 1. The number of aromatic nitrogens is 2. The molecule has 6 aliphatic rings. The summed E-state index contributed by atoms with van der Waals surface area (Å²) in [6.45, 7) is 3.38. The Balaban J connectivity index is 1.16. The lowest BCUT2D eigenvalue weighted by atomic mass is 9.82. The molecule has 4 heterocycles. The summed E-state index contributed by atoms with van der Waals surface area (Å²) in [6.07, 6.45) is 5.04. The molecule has 1 aromatic carbocycles. The van der Waals surface area contributed by atoms with Gasteiger partial charge in [0.15, 0.2) is 11.5 Å². The number of carbonyl (C=O) groups excluding carboxylic acids is 4. The first-order valence-corrected chi connectivity index (χ1v) is 17.1. The van der Waals surface area contributed by atoms with E-state index in [0.717, 1.165) is 30.4 Å². The summed E-state index contributed by atoms with van der Waals surface area (Å²) in [4.78, 5) is 58.9.